The molecule has 0 atom stereocenters. The second-order valence-corrected chi connectivity index (χ2v) is 4.06. The van der Waals surface area contributed by atoms with E-state index >= 15 is 0 Å². The number of hydrogen-bond donors (Lipinski definition) is 1. The van der Waals surface area contributed by atoms with Gasteiger partial charge in [-0.1, -0.05) is 0 Å². The lowest BCUT2D eigenvalue weighted by atomic mass is 10.5. The molecule has 0 unspecified atom stereocenters. The monoisotopic (exact) mass is 204 g/mol. The summed E-state index contributed by atoms with van der Waals surface area (Å²) in [6, 6.07) is 1.97. The molecule has 0 saturated carbocycles. The molecule has 5 heteroatoms. The van der Waals surface area contributed by atoms with Crippen molar-refractivity contribution in [3.05, 3.63) is 23.3 Å². The van der Waals surface area contributed by atoms with E-state index in [2.05, 4.69) is 9.97 Å². The molecular weight excluding hydrogens is 196 g/mol. The summed E-state index contributed by atoms with van der Waals surface area (Å²) in [4.78, 5) is 9.61. The molecule has 4 nitrogen and oxygen atoms in total. The average molecular weight is 204 g/mol. The Kier molecular flexibility index (Phi) is 1.36. The van der Waals surface area contributed by atoms with Crippen LogP contribution in [0, 0.1) is 6.92 Å². The van der Waals surface area contributed by atoms with Gasteiger partial charge < -0.3 is 5.73 Å². The van der Waals surface area contributed by atoms with Crippen molar-refractivity contribution in [2.24, 2.45) is 0 Å². The molecule has 0 radical (unpaired) electrons. The molecule has 3 rings (SSSR count). The van der Waals surface area contributed by atoms with Crippen LogP contribution < -0.4 is 5.73 Å². The highest BCUT2D eigenvalue weighted by Crippen LogP contribution is 2.24. The Bertz CT molecular complexity index is 622. The zero-order chi connectivity index (χ0) is 9.71. The molecule has 0 aliphatic rings. The van der Waals surface area contributed by atoms with Gasteiger partial charge in [0.05, 0.1) is 0 Å². The summed E-state index contributed by atoms with van der Waals surface area (Å²) in [7, 11) is 0. The zero-order valence-electron chi connectivity index (χ0n) is 7.56. The number of nitrogens with two attached hydrogens (primary N) is 1. The summed E-state index contributed by atoms with van der Waals surface area (Å²) in [5.41, 5.74) is 8.57. The van der Waals surface area contributed by atoms with Gasteiger partial charge in [-0.15, -0.1) is 11.3 Å². The molecule has 70 valence electrons. The van der Waals surface area contributed by atoms with E-state index in [4.69, 9.17) is 5.73 Å². The molecule has 0 amide bonds. The average Bonchev–Trinajstić information content (AvgIpc) is 2.71. The van der Waals surface area contributed by atoms with Gasteiger partial charge in [-0.3, -0.25) is 4.40 Å². The number of nitrogens with zero attached hydrogens (tertiary/aromatic N) is 3. The Morgan fingerprint density at radius 1 is 1.50 bits per heavy atom. The second-order valence-electron chi connectivity index (χ2n) is 3.17. The van der Waals surface area contributed by atoms with Crippen molar-refractivity contribution in [3.63, 3.8) is 0 Å². The topological polar surface area (TPSA) is 56.2 Å². The Morgan fingerprint density at radius 3 is 3.21 bits per heavy atom. The zero-order valence-corrected chi connectivity index (χ0v) is 8.38. The van der Waals surface area contributed by atoms with E-state index in [-0.39, 0.29) is 0 Å². The van der Waals surface area contributed by atoms with Crippen LogP contribution in [0.2, 0.25) is 0 Å². The quantitative estimate of drug-likeness (QED) is 0.607. The van der Waals surface area contributed by atoms with Crippen LogP contribution in [0.15, 0.2) is 17.6 Å². The van der Waals surface area contributed by atoms with Crippen molar-refractivity contribution >= 4 is 33.1 Å². The molecule has 3 aromatic rings. The maximum atomic E-state index is 5.80. The first-order valence-electron chi connectivity index (χ1n) is 4.24. The van der Waals surface area contributed by atoms with E-state index in [1.807, 2.05) is 29.0 Å². The lowest BCUT2D eigenvalue weighted by Crippen LogP contribution is -1.97. The first kappa shape index (κ1) is 7.75. The largest absolute Gasteiger partial charge is 0.381 e. The lowest BCUT2D eigenvalue weighted by Gasteiger charge is -2.00. The summed E-state index contributed by atoms with van der Waals surface area (Å²) in [5, 5.41) is 2.01. The summed E-state index contributed by atoms with van der Waals surface area (Å²) < 4.78 is 2.04. The van der Waals surface area contributed by atoms with Crippen LogP contribution >= 0.6 is 11.3 Å². The van der Waals surface area contributed by atoms with Crippen molar-refractivity contribution in [1.82, 2.24) is 14.4 Å². The highest BCUT2D eigenvalue weighted by atomic mass is 32.1. The Hall–Kier alpha value is -1.62. The van der Waals surface area contributed by atoms with Crippen molar-refractivity contribution in [3.8, 4) is 0 Å². The van der Waals surface area contributed by atoms with E-state index in [1.165, 1.54) is 0 Å². The van der Waals surface area contributed by atoms with E-state index in [1.54, 1.807) is 11.3 Å². The molecule has 14 heavy (non-hydrogen) atoms. The predicted molar refractivity (Wildman–Crippen MR) is 57.5 cm³/mol. The van der Waals surface area contributed by atoms with Crippen LogP contribution in [0.5, 0.6) is 0 Å². The molecule has 0 saturated heterocycles. The van der Waals surface area contributed by atoms with Gasteiger partial charge in [-0.05, 0) is 18.4 Å². The molecule has 0 spiro atoms. The highest BCUT2D eigenvalue weighted by molar-refractivity contribution is 7.16. The molecule has 0 bridgehead atoms. The number of imidazole rings is 1. The van der Waals surface area contributed by atoms with Gasteiger partial charge in [-0.2, -0.15) is 0 Å². The summed E-state index contributed by atoms with van der Waals surface area (Å²) in [6.45, 7) is 2.01. The lowest BCUT2D eigenvalue weighted by molar-refractivity contribution is 1.16. The Morgan fingerprint density at radius 2 is 2.36 bits per heavy atom. The van der Waals surface area contributed by atoms with Crippen molar-refractivity contribution in [1.29, 1.82) is 0 Å². The van der Waals surface area contributed by atoms with E-state index in [9.17, 15) is 0 Å². The fourth-order valence-corrected chi connectivity index (χ4v) is 2.50. The van der Waals surface area contributed by atoms with Gasteiger partial charge in [-0.25, -0.2) is 9.97 Å². The second kappa shape index (κ2) is 2.45. The van der Waals surface area contributed by atoms with Crippen LogP contribution in [-0.2, 0) is 0 Å². The summed E-state index contributed by atoms with van der Waals surface area (Å²) in [5.74, 6) is 0.490. The number of fused-ring (bicyclic) bond motifs is 3. The van der Waals surface area contributed by atoms with Gasteiger partial charge in [0, 0.05) is 11.9 Å². The van der Waals surface area contributed by atoms with Gasteiger partial charge in [0.2, 0.25) is 0 Å². The maximum Gasteiger partial charge on any atom is 0.181 e. The van der Waals surface area contributed by atoms with Crippen molar-refractivity contribution < 1.29 is 0 Å². The van der Waals surface area contributed by atoms with Crippen LogP contribution in [0.3, 0.4) is 0 Å². The third kappa shape index (κ3) is 0.820. The number of nitrogen functional groups attached to an aromatic ring is 1. The van der Waals surface area contributed by atoms with Crippen molar-refractivity contribution in [2.45, 2.75) is 6.92 Å². The number of aryl methyl sites for hydroxylation is 1. The molecule has 2 N–H and O–H groups in total. The SMILES string of the molecule is Cc1cnc2c(N)nc3ccsc3n12. The minimum atomic E-state index is 0.490. The third-order valence-corrected chi connectivity index (χ3v) is 3.12. The normalized spacial score (nSPS) is 11.5. The predicted octanol–water partition coefficient (Wildman–Crippen LogP) is 1.83. The van der Waals surface area contributed by atoms with Crippen molar-refractivity contribution in [2.75, 3.05) is 5.73 Å². The molecule has 0 fully saturated rings. The number of aromatic nitrogens is 3. The molecule has 0 aliphatic carbocycles. The molecule has 0 aliphatic heterocycles. The van der Waals surface area contributed by atoms with Crippen LogP contribution in [0.4, 0.5) is 5.82 Å². The smallest absolute Gasteiger partial charge is 0.181 e. The standard InChI is InChI=1S/C9H8N4S/c1-5-4-11-8-7(10)12-6-2-3-14-9(6)13(5)8/h2-4H,1H3,(H2,10,12). The first-order valence-corrected chi connectivity index (χ1v) is 5.12. The number of thiophene rings is 1. The van der Waals surface area contributed by atoms with Crippen LogP contribution in [-0.4, -0.2) is 14.4 Å². The number of hydrogen-bond acceptors (Lipinski definition) is 4. The molecule has 3 heterocycles. The third-order valence-electron chi connectivity index (χ3n) is 2.24. The van der Waals surface area contributed by atoms with Crippen LogP contribution in [0.25, 0.3) is 16.0 Å². The Balaban J connectivity index is 2.70. The van der Waals surface area contributed by atoms with E-state index < -0.39 is 0 Å². The number of rotatable bonds is 0. The first-order chi connectivity index (χ1) is 6.77. The highest BCUT2D eigenvalue weighted by Gasteiger charge is 2.09. The number of anilines is 1. The van der Waals surface area contributed by atoms with Gasteiger partial charge in [0.25, 0.3) is 0 Å². The Labute approximate surface area is 84.0 Å². The van der Waals surface area contributed by atoms with Crippen LogP contribution in [0.1, 0.15) is 5.69 Å². The molecule has 0 aromatic carbocycles. The summed E-state index contributed by atoms with van der Waals surface area (Å²) in [6.07, 6.45) is 1.81. The maximum absolute atomic E-state index is 5.80. The molecular formula is C9H8N4S. The minimum Gasteiger partial charge on any atom is -0.381 e. The van der Waals surface area contributed by atoms with Gasteiger partial charge in [0.1, 0.15) is 10.3 Å². The minimum absolute atomic E-state index is 0.490. The summed E-state index contributed by atoms with van der Waals surface area (Å²) >= 11 is 1.65. The fraction of sp³-hybridized carbons (Fsp3) is 0.111. The van der Waals surface area contributed by atoms with E-state index in [0.29, 0.717) is 5.82 Å². The molecule has 3 aromatic heterocycles. The fourth-order valence-electron chi connectivity index (χ4n) is 1.60. The van der Waals surface area contributed by atoms with Gasteiger partial charge in [0.15, 0.2) is 11.5 Å². The van der Waals surface area contributed by atoms with E-state index in [0.717, 1.165) is 21.7 Å². The van der Waals surface area contributed by atoms with Gasteiger partial charge >= 0.3 is 0 Å².